The molecule has 0 amide bonds. The van der Waals surface area contributed by atoms with Gasteiger partial charge in [-0.25, -0.2) is 0 Å². The van der Waals surface area contributed by atoms with Gasteiger partial charge in [0, 0.05) is 0 Å². The van der Waals surface area contributed by atoms with Gasteiger partial charge in [0.05, 0.1) is 42.7 Å². The van der Waals surface area contributed by atoms with Gasteiger partial charge in [-0.1, -0.05) is 70.8 Å². The van der Waals surface area contributed by atoms with E-state index in [1.165, 1.54) is 44.9 Å². The number of hydrogen-bond acceptors (Lipinski definition) is 5. The van der Waals surface area contributed by atoms with Crippen molar-refractivity contribution < 1.29 is 24.8 Å². The standard InChI is InChI=1S/C29H54O5/c1-3-5-7-9-10-11-12-14-16-24(30)28-21-22-29(34-28)26(32)19-18-25(31)27-20-17-23(33-27)15-13-8-6-4-2/h4,23-32H,2-3,5-22H2,1H3/t23-,24+,25+,26+,27+,28-,29+/m1/s1. The third kappa shape index (κ3) is 11.5. The first-order valence-electron chi connectivity index (χ1n) is 14.5. The zero-order valence-corrected chi connectivity index (χ0v) is 21.9. The summed E-state index contributed by atoms with van der Waals surface area (Å²) < 4.78 is 12.1. The molecule has 0 aromatic heterocycles. The van der Waals surface area contributed by atoms with Gasteiger partial charge in [0.2, 0.25) is 0 Å². The van der Waals surface area contributed by atoms with Gasteiger partial charge >= 0.3 is 0 Å². The monoisotopic (exact) mass is 482 g/mol. The maximum atomic E-state index is 10.6. The lowest BCUT2D eigenvalue weighted by atomic mass is 9.98. The van der Waals surface area contributed by atoms with Gasteiger partial charge in [-0.2, -0.15) is 0 Å². The summed E-state index contributed by atoms with van der Waals surface area (Å²) in [7, 11) is 0. The van der Waals surface area contributed by atoms with Crippen LogP contribution < -0.4 is 0 Å². The molecular weight excluding hydrogens is 428 g/mol. The summed E-state index contributed by atoms with van der Waals surface area (Å²) in [5.74, 6) is 0. The first-order valence-corrected chi connectivity index (χ1v) is 14.5. The number of rotatable bonds is 20. The molecule has 0 aromatic carbocycles. The molecule has 0 aliphatic carbocycles. The lowest BCUT2D eigenvalue weighted by Crippen LogP contribution is -2.33. The molecule has 2 saturated heterocycles. The topological polar surface area (TPSA) is 79.2 Å². The van der Waals surface area contributed by atoms with Crippen molar-refractivity contribution in [3.63, 3.8) is 0 Å². The Balaban J connectivity index is 1.54. The summed E-state index contributed by atoms with van der Waals surface area (Å²) in [5.41, 5.74) is 0. The number of unbranched alkanes of at least 4 members (excludes halogenated alkanes) is 9. The largest absolute Gasteiger partial charge is 0.390 e. The Morgan fingerprint density at radius 2 is 1.21 bits per heavy atom. The van der Waals surface area contributed by atoms with E-state index in [-0.39, 0.29) is 24.4 Å². The van der Waals surface area contributed by atoms with E-state index in [2.05, 4.69) is 13.5 Å². The summed E-state index contributed by atoms with van der Waals surface area (Å²) in [5, 5.41) is 31.7. The van der Waals surface area contributed by atoms with Crippen LogP contribution in [-0.2, 0) is 9.47 Å². The minimum atomic E-state index is -0.592. The van der Waals surface area contributed by atoms with Crippen LogP contribution in [0.4, 0.5) is 0 Å². The van der Waals surface area contributed by atoms with Crippen LogP contribution in [0.5, 0.6) is 0 Å². The van der Waals surface area contributed by atoms with E-state index in [4.69, 9.17) is 9.47 Å². The first-order chi connectivity index (χ1) is 16.5. The number of aliphatic hydroxyl groups excluding tert-OH is 3. The zero-order chi connectivity index (χ0) is 24.6. The molecule has 0 saturated carbocycles. The van der Waals surface area contributed by atoms with E-state index >= 15 is 0 Å². The van der Waals surface area contributed by atoms with Crippen LogP contribution in [0.2, 0.25) is 0 Å². The molecule has 0 radical (unpaired) electrons. The van der Waals surface area contributed by atoms with Crippen molar-refractivity contribution in [1.82, 2.24) is 0 Å². The number of hydrogen-bond donors (Lipinski definition) is 3. The highest BCUT2D eigenvalue weighted by molar-refractivity contribution is 4.85. The number of aliphatic hydroxyl groups is 3. The predicted octanol–water partition coefficient (Wildman–Crippen LogP) is 6.22. The van der Waals surface area contributed by atoms with Gasteiger partial charge < -0.3 is 24.8 Å². The van der Waals surface area contributed by atoms with Crippen LogP contribution in [0, 0.1) is 0 Å². The Morgan fingerprint density at radius 1 is 0.676 bits per heavy atom. The van der Waals surface area contributed by atoms with Gasteiger partial charge in [-0.05, 0) is 64.2 Å². The maximum Gasteiger partial charge on any atom is 0.0840 e. The smallest absolute Gasteiger partial charge is 0.0840 e. The lowest BCUT2D eigenvalue weighted by Gasteiger charge is -2.24. The molecule has 2 heterocycles. The molecule has 0 aromatic rings. The molecule has 5 heteroatoms. The predicted molar refractivity (Wildman–Crippen MR) is 139 cm³/mol. The van der Waals surface area contributed by atoms with E-state index < -0.39 is 18.3 Å². The second kappa shape index (κ2) is 17.9. The third-order valence-corrected chi connectivity index (χ3v) is 7.81. The summed E-state index contributed by atoms with van der Waals surface area (Å²) in [6.07, 6.45) is 20.0. The van der Waals surface area contributed by atoms with Crippen LogP contribution in [0.3, 0.4) is 0 Å². The van der Waals surface area contributed by atoms with Crippen LogP contribution in [0.1, 0.15) is 129 Å². The minimum absolute atomic E-state index is 0.109. The van der Waals surface area contributed by atoms with E-state index in [1.807, 2.05) is 6.08 Å². The van der Waals surface area contributed by atoms with Crippen molar-refractivity contribution in [2.24, 2.45) is 0 Å². The van der Waals surface area contributed by atoms with Crippen molar-refractivity contribution in [2.45, 2.75) is 172 Å². The highest BCUT2D eigenvalue weighted by atomic mass is 16.5. The highest BCUT2D eigenvalue weighted by Gasteiger charge is 2.35. The Hall–Kier alpha value is -0.460. The fourth-order valence-electron chi connectivity index (χ4n) is 5.53. The van der Waals surface area contributed by atoms with Crippen molar-refractivity contribution in [3.8, 4) is 0 Å². The van der Waals surface area contributed by atoms with Crippen molar-refractivity contribution in [1.29, 1.82) is 0 Å². The Kier molecular flexibility index (Phi) is 15.7. The quantitative estimate of drug-likeness (QED) is 0.142. The maximum absolute atomic E-state index is 10.6. The van der Waals surface area contributed by atoms with Crippen molar-refractivity contribution >= 4 is 0 Å². The Bertz CT molecular complexity index is 513. The van der Waals surface area contributed by atoms with E-state index in [1.54, 1.807) is 0 Å². The van der Waals surface area contributed by atoms with Gasteiger partial charge in [0.15, 0.2) is 0 Å². The molecule has 0 unspecified atom stereocenters. The molecule has 0 bridgehead atoms. The normalized spacial score (nSPS) is 27.6. The fourth-order valence-corrected chi connectivity index (χ4v) is 5.53. The van der Waals surface area contributed by atoms with Crippen LogP contribution in [0.15, 0.2) is 12.7 Å². The second-order valence-electron chi connectivity index (χ2n) is 10.8. The molecule has 2 aliphatic rings. The van der Waals surface area contributed by atoms with Gasteiger partial charge in [-0.15, -0.1) is 6.58 Å². The summed E-state index contributed by atoms with van der Waals surface area (Å²) in [4.78, 5) is 0. The molecule has 5 nitrogen and oxygen atoms in total. The van der Waals surface area contributed by atoms with E-state index in [0.29, 0.717) is 12.8 Å². The molecule has 3 N–H and O–H groups in total. The zero-order valence-electron chi connectivity index (χ0n) is 21.9. The van der Waals surface area contributed by atoms with Crippen molar-refractivity contribution in [2.75, 3.05) is 0 Å². The van der Waals surface area contributed by atoms with E-state index in [0.717, 1.165) is 64.2 Å². The minimum Gasteiger partial charge on any atom is -0.390 e. The molecular formula is C29H54O5. The molecule has 2 aliphatic heterocycles. The Labute approximate surface area is 209 Å². The summed E-state index contributed by atoms with van der Waals surface area (Å²) >= 11 is 0. The van der Waals surface area contributed by atoms with Crippen LogP contribution in [-0.4, -0.2) is 58.0 Å². The van der Waals surface area contributed by atoms with Gasteiger partial charge in [0.1, 0.15) is 0 Å². The average molecular weight is 483 g/mol. The summed E-state index contributed by atoms with van der Waals surface area (Å²) in [6, 6.07) is 0. The average Bonchev–Trinajstić information content (AvgIpc) is 3.52. The third-order valence-electron chi connectivity index (χ3n) is 7.81. The molecule has 34 heavy (non-hydrogen) atoms. The molecule has 0 spiro atoms. The molecule has 7 atom stereocenters. The van der Waals surface area contributed by atoms with Gasteiger partial charge in [-0.3, -0.25) is 0 Å². The SMILES string of the molecule is C=CCCCC[C@@H]1CC[C@@H]([C@@H](O)CC[C@H](O)[C@@H]2CC[C@H]([C@@H](O)CCCCCCCCCC)O2)O1. The number of allylic oxidation sites excluding steroid dienone is 1. The molecule has 2 rings (SSSR count). The highest BCUT2D eigenvalue weighted by Crippen LogP contribution is 2.30. The lowest BCUT2D eigenvalue weighted by molar-refractivity contribution is -0.0849. The summed E-state index contributed by atoms with van der Waals surface area (Å²) in [6.45, 7) is 6.01. The van der Waals surface area contributed by atoms with Crippen molar-refractivity contribution in [3.05, 3.63) is 12.7 Å². The fraction of sp³-hybridized carbons (Fsp3) is 0.931. The second-order valence-corrected chi connectivity index (χ2v) is 10.8. The molecule has 200 valence electrons. The first kappa shape index (κ1) is 29.8. The van der Waals surface area contributed by atoms with Gasteiger partial charge in [0.25, 0.3) is 0 Å². The molecule has 2 fully saturated rings. The Morgan fingerprint density at radius 3 is 1.82 bits per heavy atom. The van der Waals surface area contributed by atoms with Crippen LogP contribution >= 0.6 is 0 Å². The van der Waals surface area contributed by atoms with Crippen LogP contribution in [0.25, 0.3) is 0 Å². The van der Waals surface area contributed by atoms with E-state index in [9.17, 15) is 15.3 Å². The number of ether oxygens (including phenoxy) is 2.